The number of likely N-dealkylation sites (tertiary alicyclic amines) is 1. The van der Waals surface area contributed by atoms with Crippen LogP contribution in [-0.2, 0) is 4.79 Å². The minimum absolute atomic E-state index is 0. The molecule has 2 heterocycles. The van der Waals surface area contributed by atoms with Gasteiger partial charge >= 0.3 is 0 Å². The zero-order valence-electron chi connectivity index (χ0n) is 13.8. The number of nitrogens with one attached hydrogen (secondary N) is 1. The Morgan fingerprint density at radius 2 is 2.05 bits per heavy atom. The number of amides is 1. The molecule has 0 aromatic heterocycles. The molecule has 0 aliphatic carbocycles. The molecule has 22 heavy (non-hydrogen) atoms. The van der Waals surface area contributed by atoms with Crippen LogP contribution in [0.5, 0.6) is 0 Å². The minimum Gasteiger partial charge on any atom is -0.357 e. The van der Waals surface area contributed by atoms with Crippen molar-refractivity contribution < 1.29 is 4.79 Å². The number of carbonyl (C=O) groups is 1. The van der Waals surface area contributed by atoms with Gasteiger partial charge in [0.05, 0.1) is 0 Å². The van der Waals surface area contributed by atoms with Crippen LogP contribution < -0.4 is 5.32 Å². The van der Waals surface area contributed by atoms with Crippen LogP contribution in [0.3, 0.4) is 0 Å². The Balaban J connectivity index is 0.00000242. The first-order chi connectivity index (χ1) is 10.1. The van der Waals surface area contributed by atoms with E-state index in [0.29, 0.717) is 6.04 Å². The molecule has 2 aliphatic rings. The Kier molecular flexibility index (Phi) is 8.16. The van der Waals surface area contributed by atoms with Crippen molar-refractivity contribution in [3.63, 3.8) is 0 Å². The third-order valence-corrected chi connectivity index (χ3v) is 4.02. The average Bonchev–Trinajstić information content (AvgIpc) is 3.12. The van der Waals surface area contributed by atoms with Gasteiger partial charge in [0, 0.05) is 52.9 Å². The number of nitrogens with zero attached hydrogens (tertiary/aromatic N) is 4. The van der Waals surface area contributed by atoms with E-state index < -0.39 is 0 Å². The van der Waals surface area contributed by atoms with Crippen LogP contribution in [0.1, 0.15) is 13.3 Å². The molecule has 0 aromatic rings. The number of carbonyl (C=O) groups excluding carboxylic acids is 1. The fraction of sp³-hybridized carbons (Fsp3) is 0.733. The Hall–Kier alpha value is -0.830. The van der Waals surface area contributed by atoms with Crippen LogP contribution in [0, 0.1) is 0 Å². The summed E-state index contributed by atoms with van der Waals surface area (Å²) in [6, 6.07) is 0.591. The van der Waals surface area contributed by atoms with E-state index in [2.05, 4.69) is 39.2 Å². The van der Waals surface area contributed by atoms with Gasteiger partial charge in [-0.25, -0.2) is 4.99 Å². The topological polar surface area (TPSA) is 51.2 Å². The molecular formula is C15H28IN5O. The van der Waals surface area contributed by atoms with Gasteiger partial charge in [0.25, 0.3) is 0 Å². The molecular weight excluding hydrogens is 393 g/mol. The molecule has 1 saturated heterocycles. The average molecular weight is 421 g/mol. The maximum absolute atomic E-state index is 11.7. The number of likely N-dealkylation sites (N-methyl/N-ethyl adjacent to an activating group) is 1. The summed E-state index contributed by atoms with van der Waals surface area (Å²) in [4.78, 5) is 22.5. The van der Waals surface area contributed by atoms with Crippen LogP contribution in [0.25, 0.3) is 0 Å². The van der Waals surface area contributed by atoms with Gasteiger partial charge in [-0.1, -0.05) is 12.2 Å². The predicted molar refractivity (Wildman–Crippen MR) is 101 cm³/mol. The molecule has 1 unspecified atom stereocenters. The lowest BCUT2D eigenvalue weighted by atomic mass is 10.2. The lowest BCUT2D eigenvalue weighted by Crippen LogP contribution is -2.43. The van der Waals surface area contributed by atoms with Gasteiger partial charge in [0.15, 0.2) is 5.96 Å². The highest BCUT2D eigenvalue weighted by Gasteiger charge is 2.29. The van der Waals surface area contributed by atoms with E-state index in [-0.39, 0.29) is 36.4 Å². The van der Waals surface area contributed by atoms with Gasteiger partial charge in [0.1, 0.15) is 6.54 Å². The molecule has 0 bridgehead atoms. The maximum atomic E-state index is 11.7. The van der Waals surface area contributed by atoms with E-state index in [1.165, 1.54) is 0 Å². The molecule has 126 valence electrons. The van der Waals surface area contributed by atoms with Gasteiger partial charge in [-0.2, -0.15) is 0 Å². The number of halogens is 1. The molecule has 2 rings (SSSR count). The summed E-state index contributed by atoms with van der Waals surface area (Å²) in [6.07, 6.45) is 5.63. The van der Waals surface area contributed by atoms with Crippen molar-refractivity contribution in [3.8, 4) is 0 Å². The standard InChI is InChI=1S/C15H27N5O.HI/c1-4-16-15(17-11-14(21)18(2)3)20-10-7-13(12-20)19-8-5-6-9-19;/h5-6,13H,4,7-12H2,1-3H3,(H,16,17);1H. The fourth-order valence-corrected chi connectivity index (χ4v) is 2.73. The molecule has 1 amide bonds. The van der Waals surface area contributed by atoms with Crippen molar-refractivity contribution in [1.29, 1.82) is 0 Å². The first-order valence-corrected chi connectivity index (χ1v) is 7.74. The Bertz CT molecular complexity index is 416. The second-order valence-electron chi connectivity index (χ2n) is 5.77. The number of hydrogen-bond acceptors (Lipinski definition) is 3. The van der Waals surface area contributed by atoms with Crippen LogP contribution in [-0.4, -0.2) is 86.0 Å². The lowest BCUT2D eigenvalue weighted by Gasteiger charge is -2.25. The summed E-state index contributed by atoms with van der Waals surface area (Å²) < 4.78 is 0. The largest absolute Gasteiger partial charge is 0.357 e. The quantitative estimate of drug-likeness (QED) is 0.313. The SMILES string of the molecule is CCNC(=NCC(=O)N(C)C)N1CCC(N2CC=CC2)C1.I. The van der Waals surface area contributed by atoms with Crippen LogP contribution in [0.2, 0.25) is 0 Å². The summed E-state index contributed by atoms with van der Waals surface area (Å²) in [7, 11) is 3.52. The minimum atomic E-state index is 0. The first-order valence-electron chi connectivity index (χ1n) is 7.74. The van der Waals surface area contributed by atoms with Gasteiger partial charge in [-0.05, 0) is 13.3 Å². The van der Waals surface area contributed by atoms with Crippen molar-refractivity contribution >= 4 is 35.8 Å². The predicted octanol–water partition coefficient (Wildman–Crippen LogP) is 0.604. The van der Waals surface area contributed by atoms with Crippen LogP contribution >= 0.6 is 24.0 Å². The monoisotopic (exact) mass is 421 g/mol. The summed E-state index contributed by atoms with van der Waals surface area (Å²) in [5, 5.41) is 3.30. The molecule has 2 aliphatic heterocycles. The van der Waals surface area contributed by atoms with E-state index in [0.717, 1.165) is 45.1 Å². The smallest absolute Gasteiger partial charge is 0.243 e. The van der Waals surface area contributed by atoms with Crippen LogP contribution in [0.15, 0.2) is 17.1 Å². The van der Waals surface area contributed by atoms with E-state index >= 15 is 0 Å². The second kappa shape index (κ2) is 9.34. The van der Waals surface area contributed by atoms with Crippen molar-refractivity contribution in [3.05, 3.63) is 12.2 Å². The summed E-state index contributed by atoms with van der Waals surface area (Å²) >= 11 is 0. The van der Waals surface area contributed by atoms with Gasteiger partial charge in [-0.15, -0.1) is 24.0 Å². The van der Waals surface area contributed by atoms with Crippen molar-refractivity contribution in [2.24, 2.45) is 4.99 Å². The third-order valence-electron chi connectivity index (χ3n) is 4.02. The summed E-state index contributed by atoms with van der Waals surface area (Å²) in [6.45, 7) is 7.20. The summed E-state index contributed by atoms with van der Waals surface area (Å²) in [5.41, 5.74) is 0. The van der Waals surface area contributed by atoms with Gasteiger partial charge in [-0.3, -0.25) is 9.69 Å². The highest BCUT2D eigenvalue weighted by atomic mass is 127. The van der Waals surface area contributed by atoms with E-state index in [4.69, 9.17) is 0 Å². The lowest BCUT2D eigenvalue weighted by molar-refractivity contribution is -0.127. The van der Waals surface area contributed by atoms with Crippen LogP contribution in [0.4, 0.5) is 0 Å². The molecule has 7 heteroatoms. The first kappa shape index (κ1) is 19.2. The molecule has 0 saturated carbocycles. The van der Waals surface area contributed by atoms with Crippen molar-refractivity contribution in [2.45, 2.75) is 19.4 Å². The van der Waals surface area contributed by atoms with Crippen molar-refractivity contribution in [1.82, 2.24) is 20.0 Å². The Labute approximate surface area is 150 Å². The molecule has 0 spiro atoms. The van der Waals surface area contributed by atoms with Gasteiger partial charge in [0.2, 0.25) is 5.91 Å². The highest BCUT2D eigenvalue weighted by molar-refractivity contribution is 14.0. The summed E-state index contributed by atoms with van der Waals surface area (Å²) in [5.74, 6) is 0.896. The number of guanidine groups is 1. The van der Waals surface area contributed by atoms with Crippen molar-refractivity contribution in [2.75, 3.05) is 53.4 Å². The molecule has 0 aromatic carbocycles. The molecule has 1 fully saturated rings. The Morgan fingerprint density at radius 1 is 1.36 bits per heavy atom. The zero-order chi connectivity index (χ0) is 15.2. The highest BCUT2D eigenvalue weighted by Crippen LogP contribution is 2.17. The molecule has 6 nitrogen and oxygen atoms in total. The normalized spacial score (nSPS) is 21.9. The van der Waals surface area contributed by atoms with E-state index in [9.17, 15) is 4.79 Å². The van der Waals surface area contributed by atoms with E-state index in [1.807, 2.05) is 0 Å². The second-order valence-corrected chi connectivity index (χ2v) is 5.77. The molecule has 1 atom stereocenters. The third kappa shape index (κ3) is 5.12. The number of rotatable bonds is 4. The number of hydrogen-bond donors (Lipinski definition) is 1. The molecule has 0 radical (unpaired) electrons. The zero-order valence-corrected chi connectivity index (χ0v) is 16.1. The number of aliphatic imine (C=N–C) groups is 1. The van der Waals surface area contributed by atoms with E-state index in [1.54, 1.807) is 19.0 Å². The molecule has 1 N–H and O–H groups in total. The maximum Gasteiger partial charge on any atom is 0.243 e. The fourth-order valence-electron chi connectivity index (χ4n) is 2.73. The van der Waals surface area contributed by atoms with Gasteiger partial charge < -0.3 is 15.1 Å². The Morgan fingerprint density at radius 3 is 2.64 bits per heavy atom.